The number of rotatable bonds is 11. The maximum Gasteiger partial charge on any atom is 0.331 e. The number of hydrogen-bond donors (Lipinski definition) is 0. The minimum absolute atomic E-state index is 0.0154. The van der Waals surface area contributed by atoms with Gasteiger partial charge in [-0.3, -0.25) is 9.59 Å². The summed E-state index contributed by atoms with van der Waals surface area (Å²) in [5, 5.41) is 3.84. The largest absolute Gasteiger partial charge is 0.331 e. The first-order chi connectivity index (χ1) is 18.5. The van der Waals surface area contributed by atoms with E-state index in [0.29, 0.717) is 28.9 Å². The lowest BCUT2D eigenvalue weighted by atomic mass is 10.0. The number of benzene rings is 4. The zero-order valence-corrected chi connectivity index (χ0v) is 22.3. The molecule has 4 rings (SSSR count). The predicted octanol–water partition coefficient (Wildman–Crippen LogP) is 7.35. The molecule has 38 heavy (non-hydrogen) atoms. The predicted molar refractivity (Wildman–Crippen MR) is 152 cm³/mol. The fourth-order valence-corrected chi connectivity index (χ4v) is 5.21. The van der Waals surface area contributed by atoms with E-state index < -0.39 is 5.97 Å². The third-order valence-electron chi connectivity index (χ3n) is 5.40. The number of carbonyl (C=O) groups excluding carboxylic acids is 3. The van der Waals surface area contributed by atoms with E-state index in [4.69, 9.17) is 4.84 Å². The Morgan fingerprint density at radius 1 is 0.658 bits per heavy atom. The standard InChI is InChI=1S/C31H25NO4S2/c1-22(33)36-32-29(20-21-37-26-10-6-3-7-11-26)31(35)25-14-18-28(19-15-25)38-27-16-12-24(13-17-27)30(34)23-8-4-2-5-9-23/h2-19H,20-21H2,1H3/b32-29+. The first kappa shape index (κ1) is 27.1. The van der Waals surface area contributed by atoms with Crippen LogP contribution in [0.25, 0.3) is 0 Å². The molecule has 0 aliphatic carbocycles. The van der Waals surface area contributed by atoms with Gasteiger partial charge in [-0.15, -0.1) is 11.8 Å². The minimum Gasteiger partial charge on any atom is -0.318 e. The van der Waals surface area contributed by atoms with Gasteiger partial charge in [0, 0.05) is 50.5 Å². The second kappa shape index (κ2) is 13.6. The van der Waals surface area contributed by atoms with Crippen molar-refractivity contribution in [3.8, 4) is 0 Å². The van der Waals surface area contributed by atoms with Gasteiger partial charge in [0.1, 0.15) is 5.71 Å². The molecular weight excluding hydrogens is 514 g/mol. The second-order valence-electron chi connectivity index (χ2n) is 8.21. The number of oxime groups is 1. The van der Waals surface area contributed by atoms with Crippen LogP contribution in [0.3, 0.4) is 0 Å². The normalized spacial score (nSPS) is 11.1. The number of ketones is 2. The molecule has 0 saturated heterocycles. The third kappa shape index (κ3) is 7.78. The summed E-state index contributed by atoms with van der Waals surface area (Å²) in [5.74, 6) is -0.250. The van der Waals surface area contributed by atoms with Crippen LogP contribution in [0, 0.1) is 0 Å². The van der Waals surface area contributed by atoms with Crippen LogP contribution in [0.1, 0.15) is 39.6 Å². The van der Waals surface area contributed by atoms with Crippen molar-refractivity contribution in [3.63, 3.8) is 0 Å². The molecule has 190 valence electrons. The van der Waals surface area contributed by atoms with Gasteiger partial charge in [0.2, 0.25) is 5.78 Å². The van der Waals surface area contributed by atoms with E-state index in [-0.39, 0.29) is 17.3 Å². The Labute approximate surface area is 230 Å². The van der Waals surface area contributed by atoms with Crippen molar-refractivity contribution in [2.75, 3.05) is 5.75 Å². The van der Waals surface area contributed by atoms with Gasteiger partial charge in [0.05, 0.1) is 0 Å². The molecule has 0 bridgehead atoms. The molecule has 5 nitrogen and oxygen atoms in total. The van der Waals surface area contributed by atoms with E-state index in [9.17, 15) is 14.4 Å². The van der Waals surface area contributed by atoms with Crippen LogP contribution in [0.2, 0.25) is 0 Å². The Kier molecular flexibility index (Phi) is 9.67. The summed E-state index contributed by atoms with van der Waals surface area (Å²) in [6.07, 6.45) is 0.357. The molecule has 0 aromatic heterocycles. The summed E-state index contributed by atoms with van der Waals surface area (Å²) in [7, 11) is 0. The zero-order chi connectivity index (χ0) is 26.7. The summed E-state index contributed by atoms with van der Waals surface area (Å²) >= 11 is 3.14. The van der Waals surface area contributed by atoms with Crippen molar-refractivity contribution in [1.82, 2.24) is 0 Å². The molecule has 4 aromatic rings. The molecule has 0 aliphatic rings. The van der Waals surface area contributed by atoms with E-state index in [2.05, 4.69) is 5.16 Å². The van der Waals surface area contributed by atoms with Gasteiger partial charge in [-0.1, -0.05) is 65.4 Å². The van der Waals surface area contributed by atoms with Crippen LogP contribution in [0.15, 0.2) is 129 Å². The summed E-state index contributed by atoms with van der Waals surface area (Å²) in [4.78, 5) is 44.8. The van der Waals surface area contributed by atoms with Gasteiger partial charge in [0.25, 0.3) is 0 Å². The average molecular weight is 540 g/mol. The van der Waals surface area contributed by atoms with Crippen molar-refractivity contribution in [3.05, 3.63) is 126 Å². The third-order valence-corrected chi connectivity index (χ3v) is 7.43. The van der Waals surface area contributed by atoms with Gasteiger partial charge >= 0.3 is 5.97 Å². The van der Waals surface area contributed by atoms with E-state index in [1.54, 1.807) is 36.0 Å². The van der Waals surface area contributed by atoms with Gasteiger partial charge in [-0.25, -0.2) is 4.79 Å². The van der Waals surface area contributed by atoms with Crippen LogP contribution in [0.4, 0.5) is 0 Å². The topological polar surface area (TPSA) is 72.8 Å². The number of carbonyl (C=O) groups is 3. The van der Waals surface area contributed by atoms with Crippen molar-refractivity contribution in [2.45, 2.75) is 28.0 Å². The molecule has 0 radical (unpaired) electrons. The zero-order valence-electron chi connectivity index (χ0n) is 20.7. The van der Waals surface area contributed by atoms with Crippen molar-refractivity contribution in [2.24, 2.45) is 5.16 Å². The van der Waals surface area contributed by atoms with Gasteiger partial charge in [-0.05, 0) is 60.7 Å². The number of thioether (sulfide) groups is 1. The molecule has 0 saturated carbocycles. The molecule has 0 spiro atoms. The Morgan fingerprint density at radius 3 is 1.76 bits per heavy atom. The van der Waals surface area contributed by atoms with Crippen LogP contribution in [-0.2, 0) is 9.63 Å². The fourth-order valence-electron chi connectivity index (χ4n) is 3.51. The molecule has 0 fully saturated rings. The quantitative estimate of drug-likeness (QED) is 0.0652. The average Bonchev–Trinajstić information content (AvgIpc) is 2.96. The first-order valence-corrected chi connectivity index (χ1v) is 13.7. The van der Waals surface area contributed by atoms with Gasteiger partial charge in [0.15, 0.2) is 5.78 Å². The first-order valence-electron chi connectivity index (χ1n) is 11.9. The van der Waals surface area contributed by atoms with Gasteiger partial charge < -0.3 is 4.84 Å². The summed E-state index contributed by atoms with van der Waals surface area (Å²) < 4.78 is 0. The monoisotopic (exact) mass is 539 g/mol. The van der Waals surface area contributed by atoms with Crippen LogP contribution >= 0.6 is 23.5 Å². The smallest absolute Gasteiger partial charge is 0.318 e. The molecule has 0 N–H and O–H groups in total. The summed E-state index contributed by atoms with van der Waals surface area (Å²) in [6.45, 7) is 1.25. The lowest BCUT2D eigenvalue weighted by Crippen LogP contribution is -2.16. The fraction of sp³-hybridized carbons (Fsp3) is 0.0968. The van der Waals surface area contributed by atoms with Crippen molar-refractivity contribution >= 4 is 46.8 Å². The highest BCUT2D eigenvalue weighted by Crippen LogP contribution is 2.28. The molecule has 4 aromatic carbocycles. The number of nitrogens with zero attached hydrogens (tertiary/aromatic N) is 1. The molecular formula is C31H25NO4S2. The Bertz CT molecular complexity index is 1420. The van der Waals surface area contributed by atoms with Crippen molar-refractivity contribution < 1.29 is 19.2 Å². The Hall–Kier alpha value is -3.94. The van der Waals surface area contributed by atoms with E-state index in [0.717, 1.165) is 14.7 Å². The molecule has 0 heterocycles. The van der Waals surface area contributed by atoms with Crippen LogP contribution in [-0.4, -0.2) is 29.0 Å². The molecule has 0 amide bonds. The van der Waals surface area contributed by atoms with Gasteiger partial charge in [-0.2, -0.15) is 0 Å². The number of Topliss-reactive ketones (excluding diaryl/α,β-unsaturated/α-hetero) is 1. The molecule has 7 heteroatoms. The maximum absolute atomic E-state index is 13.1. The highest BCUT2D eigenvalue weighted by molar-refractivity contribution is 7.99. The van der Waals surface area contributed by atoms with Crippen LogP contribution < -0.4 is 0 Å². The maximum atomic E-state index is 13.1. The second-order valence-corrected chi connectivity index (χ2v) is 10.5. The SMILES string of the molecule is CC(=O)O/N=C(\CCSc1ccccc1)C(=O)c1ccc(Sc2ccc(C(=O)c3ccccc3)cc2)cc1. The highest BCUT2D eigenvalue weighted by atomic mass is 32.2. The van der Waals surface area contributed by atoms with E-state index in [1.807, 2.05) is 84.9 Å². The molecule has 0 aliphatic heterocycles. The lowest BCUT2D eigenvalue weighted by molar-refractivity contribution is -0.140. The Balaban J connectivity index is 1.39. The minimum atomic E-state index is -0.575. The Morgan fingerprint density at radius 2 is 1.18 bits per heavy atom. The lowest BCUT2D eigenvalue weighted by Gasteiger charge is -2.07. The van der Waals surface area contributed by atoms with E-state index >= 15 is 0 Å². The molecule has 0 atom stereocenters. The molecule has 0 unspecified atom stereocenters. The van der Waals surface area contributed by atoms with Crippen molar-refractivity contribution in [1.29, 1.82) is 0 Å². The summed E-state index contributed by atoms with van der Waals surface area (Å²) in [6, 6.07) is 33.7. The summed E-state index contributed by atoms with van der Waals surface area (Å²) in [5.41, 5.74) is 1.95. The van der Waals surface area contributed by atoms with Crippen LogP contribution in [0.5, 0.6) is 0 Å². The van der Waals surface area contributed by atoms with E-state index in [1.165, 1.54) is 18.7 Å². The number of hydrogen-bond acceptors (Lipinski definition) is 7. The highest BCUT2D eigenvalue weighted by Gasteiger charge is 2.16.